The van der Waals surface area contributed by atoms with Crippen LogP contribution in [0.2, 0.25) is 5.15 Å². The maximum absolute atomic E-state index is 11.7. The van der Waals surface area contributed by atoms with Crippen molar-refractivity contribution in [2.45, 2.75) is 18.1 Å². The van der Waals surface area contributed by atoms with Gasteiger partial charge in [0.2, 0.25) is 0 Å². The van der Waals surface area contributed by atoms with E-state index in [4.69, 9.17) is 11.6 Å². The number of hydrogen-bond acceptors (Lipinski definition) is 6. The van der Waals surface area contributed by atoms with E-state index in [9.17, 15) is 8.42 Å². The molecule has 18 heavy (non-hydrogen) atoms. The number of nitrogens with one attached hydrogen (secondary N) is 2. The van der Waals surface area contributed by atoms with Crippen LogP contribution in [0.1, 0.15) is 12.8 Å². The van der Waals surface area contributed by atoms with Gasteiger partial charge in [0, 0.05) is 13.6 Å². The van der Waals surface area contributed by atoms with Gasteiger partial charge in [-0.15, -0.1) is 0 Å². The molecule has 1 saturated heterocycles. The first-order valence-corrected chi connectivity index (χ1v) is 7.77. The second-order valence-corrected chi connectivity index (χ2v) is 6.91. The fourth-order valence-corrected chi connectivity index (χ4v) is 4.01. The zero-order chi connectivity index (χ0) is 13.2. The van der Waals surface area contributed by atoms with Gasteiger partial charge < -0.3 is 10.6 Å². The van der Waals surface area contributed by atoms with E-state index in [0.29, 0.717) is 29.6 Å². The lowest BCUT2D eigenvalue weighted by Crippen LogP contribution is -2.25. The van der Waals surface area contributed by atoms with Crippen LogP contribution in [0.3, 0.4) is 0 Å². The molecule has 6 nitrogen and oxygen atoms in total. The fourth-order valence-electron chi connectivity index (χ4n) is 2.02. The van der Waals surface area contributed by atoms with Crippen LogP contribution in [-0.2, 0) is 9.84 Å². The number of aromatic nitrogens is 2. The Labute approximate surface area is 111 Å². The average molecular weight is 291 g/mol. The Bertz CT molecular complexity index is 535. The van der Waals surface area contributed by atoms with Gasteiger partial charge in [-0.3, -0.25) is 0 Å². The summed E-state index contributed by atoms with van der Waals surface area (Å²) in [6.45, 7) is 0.352. The molecule has 0 amide bonds. The van der Waals surface area contributed by atoms with E-state index in [1.54, 1.807) is 7.05 Å². The molecular formula is C10H15ClN4O2S. The molecular weight excluding hydrogens is 276 g/mol. The van der Waals surface area contributed by atoms with Crippen molar-refractivity contribution in [2.24, 2.45) is 0 Å². The van der Waals surface area contributed by atoms with Crippen LogP contribution in [0, 0.1) is 0 Å². The highest BCUT2D eigenvalue weighted by atomic mass is 35.5. The first kappa shape index (κ1) is 13.4. The predicted molar refractivity (Wildman–Crippen MR) is 71.9 cm³/mol. The summed E-state index contributed by atoms with van der Waals surface area (Å²) in [5.41, 5.74) is 0.578. The van der Waals surface area contributed by atoms with Gasteiger partial charge in [0.1, 0.15) is 12.0 Å². The van der Waals surface area contributed by atoms with E-state index < -0.39 is 9.84 Å². The van der Waals surface area contributed by atoms with Gasteiger partial charge in [0.05, 0.1) is 11.0 Å². The highest BCUT2D eigenvalue weighted by molar-refractivity contribution is 7.92. The van der Waals surface area contributed by atoms with Gasteiger partial charge in [-0.1, -0.05) is 11.6 Å². The van der Waals surface area contributed by atoms with Gasteiger partial charge in [-0.25, -0.2) is 18.4 Å². The summed E-state index contributed by atoms with van der Waals surface area (Å²) >= 11 is 5.91. The van der Waals surface area contributed by atoms with E-state index in [2.05, 4.69) is 20.6 Å². The van der Waals surface area contributed by atoms with Crippen LogP contribution >= 0.6 is 11.6 Å². The van der Waals surface area contributed by atoms with Gasteiger partial charge >= 0.3 is 0 Å². The minimum Gasteiger partial charge on any atom is -0.383 e. The van der Waals surface area contributed by atoms with Gasteiger partial charge in [0.25, 0.3) is 0 Å². The monoisotopic (exact) mass is 290 g/mol. The smallest absolute Gasteiger partial charge is 0.157 e. The number of halogens is 1. The van der Waals surface area contributed by atoms with Gasteiger partial charge in [-0.2, -0.15) is 0 Å². The molecule has 0 bridgehead atoms. The molecule has 1 aliphatic heterocycles. The Hall–Kier alpha value is -1.08. The highest BCUT2D eigenvalue weighted by Gasteiger charge is 2.31. The second-order valence-electron chi connectivity index (χ2n) is 4.15. The van der Waals surface area contributed by atoms with Crippen LogP contribution in [0.25, 0.3) is 0 Å². The number of sulfone groups is 1. The van der Waals surface area contributed by atoms with Crippen molar-refractivity contribution in [3.05, 3.63) is 11.5 Å². The molecule has 1 unspecified atom stereocenters. The third kappa shape index (κ3) is 2.67. The minimum atomic E-state index is -2.95. The van der Waals surface area contributed by atoms with Crippen molar-refractivity contribution in [1.29, 1.82) is 0 Å². The maximum atomic E-state index is 11.7. The lowest BCUT2D eigenvalue weighted by molar-refractivity contribution is 0.591. The molecule has 100 valence electrons. The van der Waals surface area contributed by atoms with E-state index in [1.807, 2.05) is 0 Å². The standard InChI is InChI=1S/C10H15ClN4O2S/c1-12-8-9(11)14-6-15-10(8)13-5-7-3-2-4-18(7,16)17/h6-7,12H,2-5H2,1H3,(H,13,14,15). The summed E-state index contributed by atoms with van der Waals surface area (Å²) in [6, 6.07) is 0. The predicted octanol–water partition coefficient (Wildman–Crippen LogP) is 1.16. The highest BCUT2D eigenvalue weighted by Crippen LogP contribution is 2.26. The van der Waals surface area contributed by atoms with Crippen molar-refractivity contribution >= 4 is 32.9 Å². The van der Waals surface area contributed by atoms with Crippen molar-refractivity contribution in [1.82, 2.24) is 9.97 Å². The molecule has 2 N–H and O–H groups in total. The summed E-state index contributed by atoms with van der Waals surface area (Å²) < 4.78 is 23.4. The Morgan fingerprint density at radius 2 is 2.28 bits per heavy atom. The van der Waals surface area contributed by atoms with Crippen LogP contribution in [0.15, 0.2) is 6.33 Å². The molecule has 1 aliphatic rings. The first-order valence-electron chi connectivity index (χ1n) is 5.68. The lowest BCUT2D eigenvalue weighted by atomic mass is 10.2. The van der Waals surface area contributed by atoms with Crippen molar-refractivity contribution in [3.8, 4) is 0 Å². The quantitative estimate of drug-likeness (QED) is 0.810. The largest absolute Gasteiger partial charge is 0.383 e. The molecule has 2 rings (SSSR count). The van der Waals surface area contributed by atoms with E-state index in [0.717, 1.165) is 6.42 Å². The molecule has 0 radical (unpaired) electrons. The van der Waals surface area contributed by atoms with Crippen LogP contribution in [-0.4, -0.2) is 43.0 Å². The van der Waals surface area contributed by atoms with Gasteiger partial charge in [0.15, 0.2) is 20.8 Å². The molecule has 0 aliphatic carbocycles. The SMILES string of the molecule is CNc1c(Cl)ncnc1NCC1CCCS1(=O)=O. The third-order valence-corrected chi connectivity index (χ3v) is 5.57. The molecule has 0 saturated carbocycles. The van der Waals surface area contributed by atoms with E-state index in [1.165, 1.54) is 6.33 Å². The normalized spacial score (nSPS) is 21.8. The van der Waals surface area contributed by atoms with E-state index in [-0.39, 0.29) is 11.0 Å². The van der Waals surface area contributed by atoms with Crippen LogP contribution in [0.4, 0.5) is 11.5 Å². The van der Waals surface area contributed by atoms with Crippen LogP contribution < -0.4 is 10.6 Å². The first-order chi connectivity index (χ1) is 8.54. The van der Waals surface area contributed by atoms with E-state index >= 15 is 0 Å². The molecule has 2 heterocycles. The summed E-state index contributed by atoms with van der Waals surface area (Å²) in [4.78, 5) is 7.91. The zero-order valence-corrected chi connectivity index (χ0v) is 11.6. The average Bonchev–Trinajstić information content (AvgIpc) is 2.66. The maximum Gasteiger partial charge on any atom is 0.157 e. The Morgan fingerprint density at radius 1 is 1.50 bits per heavy atom. The molecule has 1 atom stereocenters. The Morgan fingerprint density at radius 3 is 2.89 bits per heavy atom. The summed E-state index contributed by atoms with van der Waals surface area (Å²) in [6.07, 6.45) is 2.77. The molecule has 1 aromatic rings. The summed E-state index contributed by atoms with van der Waals surface area (Å²) in [7, 11) is -1.24. The topological polar surface area (TPSA) is 84.0 Å². The Balaban J connectivity index is 2.09. The van der Waals surface area contributed by atoms with Crippen molar-refractivity contribution < 1.29 is 8.42 Å². The van der Waals surface area contributed by atoms with Gasteiger partial charge in [-0.05, 0) is 12.8 Å². The summed E-state index contributed by atoms with van der Waals surface area (Å²) in [5.74, 6) is 0.808. The third-order valence-electron chi connectivity index (χ3n) is 3.01. The second kappa shape index (κ2) is 5.27. The number of anilines is 2. The molecule has 1 aromatic heterocycles. The molecule has 0 spiro atoms. The molecule has 8 heteroatoms. The summed E-state index contributed by atoms with van der Waals surface area (Å²) in [5, 5.41) is 5.89. The fraction of sp³-hybridized carbons (Fsp3) is 0.600. The Kier molecular flexibility index (Phi) is 3.91. The number of nitrogens with zero attached hydrogens (tertiary/aromatic N) is 2. The number of rotatable bonds is 4. The van der Waals surface area contributed by atoms with Crippen molar-refractivity contribution in [2.75, 3.05) is 30.0 Å². The minimum absolute atomic E-state index is 0.281. The lowest BCUT2D eigenvalue weighted by Gasteiger charge is -2.14. The van der Waals surface area contributed by atoms with Crippen molar-refractivity contribution in [3.63, 3.8) is 0 Å². The molecule has 0 aromatic carbocycles. The van der Waals surface area contributed by atoms with Crippen LogP contribution in [0.5, 0.6) is 0 Å². The number of hydrogen-bond donors (Lipinski definition) is 2. The molecule has 1 fully saturated rings. The zero-order valence-electron chi connectivity index (χ0n) is 9.98.